The van der Waals surface area contributed by atoms with Gasteiger partial charge in [0, 0.05) is 6.42 Å². The number of carboxylic acid groups (broad SMARTS) is 1. The van der Waals surface area contributed by atoms with Crippen molar-refractivity contribution in [3.05, 3.63) is 48.0 Å². The van der Waals surface area contributed by atoms with Crippen LogP contribution in [0.4, 0.5) is 0 Å². The first kappa shape index (κ1) is 15.5. The second-order valence-electron chi connectivity index (χ2n) is 4.84. The summed E-state index contributed by atoms with van der Waals surface area (Å²) in [6.45, 7) is 0. The van der Waals surface area contributed by atoms with Crippen LogP contribution in [0.15, 0.2) is 42.5 Å². The number of hydrogen-bond donors (Lipinski definition) is 1. The Morgan fingerprint density at radius 1 is 0.947 bits per heavy atom. The Morgan fingerprint density at radius 2 is 1.63 bits per heavy atom. The largest absolute Gasteiger partial charge is 0.481 e. The number of allylic oxidation sites excluding steroid dienone is 2. The Kier molecular flexibility index (Phi) is 8.45. The number of hydrogen-bond acceptors (Lipinski definition) is 1. The van der Waals surface area contributed by atoms with Crippen molar-refractivity contribution in [2.24, 2.45) is 0 Å². The van der Waals surface area contributed by atoms with Crippen molar-refractivity contribution in [1.29, 1.82) is 0 Å². The Labute approximate surface area is 116 Å². The molecule has 0 heterocycles. The number of carboxylic acids is 1. The zero-order chi connectivity index (χ0) is 13.8. The normalized spacial score (nSPS) is 10.9. The van der Waals surface area contributed by atoms with Crippen LogP contribution in [0.2, 0.25) is 0 Å². The summed E-state index contributed by atoms with van der Waals surface area (Å²) in [6, 6.07) is 10.6. The van der Waals surface area contributed by atoms with Crippen molar-refractivity contribution in [1.82, 2.24) is 0 Å². The second kappa shape index (κ2) is 10.4. The SMILES string of the molecule is O=C(O)CCCCC/C=C/CCCc1ccccc1. The summed E-state index contributed by atoms with van der Waals surface area (Å²) in [5, 5.41) is 8.49. The lowest BCUT2D eigenvalue weighted by molar-refractivity contribution is -0.137. The highest BCUT2D eigenvalue weighted by Gasteiger charge is 1.95. The maximum atomic E-state index is 10.3. The molecule has 0 saturated carbocycles. The molecule has 0 spiro atoms. The summed E-state index contributed by atoms with van der Waals surface area (Å²) in [5.74, 6) is -0.684. The van der Waals surface area contributed by atoms with Crippen LogP contribution in [-0.4, -0.2) is 11.1 Å². The van der Waals surface area contributed by atoms with Crippen molar-refractivity contribution < 1.29 is 9.90 Å². The molecule has 2 heteroatoms. The first-order valence-corrected chi connectivity index (χ1v) is 7.20. The Hall–Kier alpha value is -1.57. The minimum atomic E-state index is -0.684. The van der Waals surface area contributed by atoms with E-state index in [0.717, 1.165) is 38.5 Å². The summed E-state index contributed by atoms with van der Waals surface area (Å²) < 4.78 is 0. The highest BCUT2D eigenvalue weighted by molar-refractivity contribution is 5.66. The minimum absolute atomic E-state index is 0.306. The van der Waals surface area contributed by atoms with Gasteiger partial charge in [-0.25, -0.2) is 0 Å². The monoisotopic (exact) mass is 260 g/mol. The quantitative estimate of drug-likeness (QED) is 0.493. The van der Waals surface area contributed by atoms with Crippen molar-refractivity contribution in [3.63, 3.8) is 0 Å². The molecule has 1 aromatic rings. The van der Waals surface area contributed by atoms with Crippen molar-refractivity contribution >= 4 is 5.97 Å². The zero-order valence-corrected chi connectivity index (χ0v) is 11.6. The summed E-state index contributed by atoms with van der Waals surface area (Å²) in [6.07, 6.45) is 12.2. The van der Waals surface area contributed by atoms with E-state index < -0.39 is 5.97 Å². The molecule has 2 nitrogen and oxygen atoms in total. The molecule has 0 amide bonds. The fourth-order valence-electron chi connectivity index (χ4n) is 2.02. The number of carbonyl (C=O) groups is 1. The molecule has 0 aromatic heterocycles. The summed E-state index contributed by atoms with van der Waals surface area (Å²) in [4.78, 5) is 10.3. The van der Waals surface area contributed by atoms with Crippen LogP contribution in [0.3, 0.4) is 0 Å². The van der Waals surface area contributed by atoms with Gasteiger partial charge in [0.05, 0.1) is 0 Å². The van der Waals surface area contributed by atoms with Crippen molar-refractivity contribution in [2.45, 2.75) is 51.4 Å². The van der Waals surface area contributed by atoms with E-state index in [2.05, 4.69) is 36.4 Å². The molecule has 0 aliphatic rings. The van der Waals surface area contributed by atoms with Crippen LogP contribution in [0.5, 0.6) is 0 Å². The van der Waals surface area contributed by atoms with Gasteiger partial charge in [-0.1, -0.05) is 48.9 Å². The molecular formula is C17H24O2. The van der Waals surface area contributed by atoms with E-state index in [4.69, 9.17) is 5.11 Å². The van der Waals surface area contributed by atoms with E-state index >= 15 is 0 Å². The van der Waals surface area contributed by atoms with Crippen LogP contribution in [0.25, 0.3) is 0 Å². The molecule has 0 radical (unpaired) electrons. The molecule has 0 aliphatic carbocycles. The third kappa shape index (κ3) is 9.06. The number of rotatable bonds is 10. The molecule has 0 unspecified atom stereocenters. The van der Waals surface area contributed by atoms with E-state index in [-0.39, 0.29) is 0 Å². The smallest absolute Gasteiger partial charge is 0.303 e. The molecule has 104 valence electrons. The molecule has 1 aromatic carbocycles. The fraction of sp³-hybridized carbons (Fsp3) is 0.471. The molecule has 1 N–H and O–H groups in total. The highest BCUT2D eigenvalue weighted by atomic mass is 16.4. The summed E-state index contributed by atoms with van der Waals surface area (Å²) in [5.41, 5.74) is 1.41. The van der Waals surface area contributed by atoms with E-state index in [1.54, 1.807) is 0 Å². The molecule has 0 fully saturated rings. The molecule has 0 atom stereocenters. The lowest BCUT2D eigenvalue weighted by Crippen LogP contribution is -1.93. The Bertz CT molecular complexity index is 368. The average Bonchev–Trinajstić information content (AvgIpc) is 2.42. The van der Waals surface area contributed by atoms with Gasteiger partial charge in [-0.05, 0) is 44.1 Å². The second-order valence-corrected chi connectivity index (χ2v) is 4.84. The molecular weight excluding hydrogens is 236 g/mol. The predicted molar refractivity (Wildman–Crippen MR) is 79.2 cm³/mol. The predicted octanol–water partition coefficient (Wildman–Crippen LogP) is 4.60. The van der Waals surface area contributed by atoms with Crippen molar-refractivity contribution in [2.75, 3.05) is 0 Å². The van der Waals surface area contributed by atoms with E-state index in [1.165, 1.54) is 12.0 Å². The third-order valence-electron chi connectivity index (χ3n) is 3.11. The standard InChI is InChI=1S/C17H24O2/c18-17(19)15-11-6-4-2-1-3-5-8-12-16-13-9-7-10-14-16/h1,3,7,9-10,13-14H,2,4-6,8,11-12,15H2,(H,18,19)/b3-1+. The first-order chi connectivity index (χ1) is 9.29. The number of aryl methyl sites for hydroxylation is 1. The van der Waals surface area contributed by atoms with Gasteiger partial charge in [0.15, 0.2) is 0 Å². The maximum Gasteiger partial charge on any atom is 0.303 e. The van der Waals surface area contributed by atoms with Gasteiger partial charge in [0.2, 0.25) is 0 Å². The van der Waals surface area contributed by atoms with E-state index in [9.17, 15) is 4.79 Å². The molecule has 1 rings (SSSR count). The molecule has 0 saturated heterocycles. The van der Waals surface area contributed by atoms with Gasteiger partial charge >= 0.3 is 5.97 Å². The molecule has 0 bridgehead atoms. The van der Waals surface area contributed by atoms with Crippen LogP contribution in [0.1, 0.15) is 50.5 Å². The lowest BCUT2D eigenvalue weighted by Gasteiger charge is -1.98. The number of aliphatic carboxylic acids is 1. The average molecular weight is 260 g/mol. The van der Waals surface area contributed by atoms with Gasteiger partial charge in [-0.3, -0.25) is 4.79 Å². The van der Waals surface area contributed by atoms with Crippen molar-refractivity contribution in [3.8, 4) is 0 Å². The third-order valence-corrected chi connectivity index (χ3v) is 3.11. The summed E-state index contributed by atoms with van der Waals surface area (Å²) in [7, 11) is 0. The van der Waals surface area contributed by atoms with Gasteiger partial charge < -0.3 is 5.11 Å². The Balaban J connectivity index is 1.92. The Morgan fingerprint density at radius 3 is 2.32 bits per heavy atom. The fourth-order valence-corrected chi connectivity index (χ4v) is 2.02. The highest BCUT2D eigenvalue weighted by Crippen LogP contribution is 2.07. The first-order valence-electron chi connectivity index (χ1n) is 7.20. The van der Waals surface area contributed by atoms with Crippen LogP contribution in [-0.2, 0) is 11.2 Å². The minimum Gasteiger partial charge on any atom is -0.481 e. The summed E-state index contributed by atoms with van der Waals surface area (Å²) >= 11 is 0. The van der Waals surface area contributed by atoms with Gasteiger partial charge in [-0.15, -0.1) is 0 Å². The topological polar surface area (TPSA) is 37.3 Å². The lowest BCUT2D eigenvalue weighted by atomic mass is 10.1. The van der Waals surface area contributed by atoms with Gasteiger partial charge in [0.25, 0.3) is 0 Å². The van der Waals surface area contributed by atoms with E-state index in [0.29, 0.717) is 6.42 Å². The zero-order valence-electron chi connectivity index (χ0n) is 11.6. The van der Waals surface area contributed by atoms with Crippen LogP contribution in [0, 0.1) is 0 Å². The molecule has 19 heavy (non-hydrogen) atoms. The van der Waals surface area contributed by atoms with Gasteiger partial charge in [0.1, 0.15) is 0 Å². The number of benzene rings is 1. The maximum absolute atomic E-state index is 10.3. The van der Waals surface area contributed by atoms with Crippen LogP contribution >= 0.6 is 0 Å². The molecule has 0 aliphatic heterocycles. The van der Waals surface area contributed by atoms with Gasteiger partial charge in [-0.2, -0.15) is 0 Å². The van der Waals surface area contributed by atoms with Crippen LogP contribution < -0.4 is 0 Å². The van der Waals surface area contributed by atoms with E-state index in [1.807, 2.05) is 6.07 Å². The number of unbranched alkanes of at least 4 members (excludes halogenated alkanes) is 4.